The van der Waals surface area contributed by atoms with Crippen molar-refractivity contribution in [2.45, 2.75) is 108 Å². The highest BCUT2D eigenvalue weighted by molar-refractivity contribution is 8.76. The third-order valence-electron chi connectivity index (χ3n) is 15.0. The first kappa shape index (κ1) is 74.2. The van der Waals surface area contributed by atoms with Gasteiger partial charge in [0.15, 0.2) is 0 Å². The molecular weight excluding hydrogens is 1250 g/mol. The number of carbonyl (C=O) groups is 12. The zero-order valence-electron chi connectivity index (χ0n) is 50.9. The maximum Gasteiger partial charge on any atom is 0.317 e. The average molecular weight is 1340 g/mol. The van der Waals surface area contributed by atoms with E-state index in [1.807, 2.05) is 13.8 Å². The second kappa shape index (κ2) is 37.1. The molecule has 33 heteroatoms. The van der Waals surface area contributed by atoms with Gasteiger partial charge in [0.05, 0.1) is 37.7 Å². The van der Waals surface area contributed by atoms with Gasteiger partial charge in [0, 0.05) is 95.7 Å². The molecule has 0 aliphatic carbocycles. The minimum Gasteiger partial charge on any atom is -0.508 e. The zero-order valence-corrected chi connectivity index (χ0v) is 53.3. The molecule has 0 radical (unpaired) electrons. The number of rotatable bonds is 22. The Morgan fingerprint density at radius 3 is 1.75 bits per heavy atom. The van der Waals surface area contributed by atoms with Crippen molar-refractivity contribution in [3.8, 4) is 11.5 Å². The molecule has 3 aliphatic rings. The zero-order chi connectivity index (χ0) is 66.9. The summed E-state index contributed by atoms with van der Waals surface area (Å²) in [5.74, 6) is -11.4. The highest BCUT2D eigenvalue weighted by Gasteiger charge is 2.40. The van der Waals surface area contributed by atoms with Gasteiger partial charge in [0.25, 0.3) is 0 Å². The monoisotopic (exact) mass is 1330 g/mol. The average Bonchev–Trinajstić information content (AvgIpc) is 1.98. The quantitative estimate of drug-likeness (QED) is 0.0588. The Morgan fingerprint density at radius 1 is 0.637 bits per heavy atom. The first-order valence-electron chi connectivity index (χ1n) is 29.8. The van der Waals surface area contributed by atoms with Crippen LogP contribution >= 0.6 is 33.2 Å². The Labute approximate surface area is 539 Å². The molecule has 3 fully saturated rings. The molecule has 0 aromatic heterocycles. The van der Waals surface area contributed by atoms with E-state index in [1.54, 1.807) is 26.5 Å². The van der Waals surface area contributed by atoms with Crippen LogP contribution in [0.2, 0.25) is 5.02 Å². The number of fused-ring (bicyclic) bond motifs is 1. The fraction of sp³-hybridized carbons (Fsp3) is 0.586. The molecule has 30 nitrogen and oxygen atoms in total. The minimum absolute atomic E-state index is 0.01000. The van der Waals surface area contributed by atoms with E-state index in [0.717, 1.165) is 10.8 Å². The van der Waals surface area contributed by atoms with E-state index in [1.165, 1.54) is 58.2 Å². The van der Waals surface area contributed by atoms with Gasteiger partial charge in [-0.2, -0.15) is 0 Å². The summed E-state index contributed by atoms with van der Waals surface area (Å²) in [5.41, 5.74) is 0.817. The Balaban J connectivity index is 1.43. The Kier molecular flexibility index (Phi) is 30.3. The molecule has 0 unspecified atom stereocenters. The topological polar surface area (TPSA) is 427 Å². The van der Waals surface area contributed by atoms with Crippen molar-refractivity contribution in [3.05, 3.63) is 58.6 Å². The lowest BCUT2D eigenvalue weighted by molar-refractivity contribution is -0.142. The van der Waals surface area contributed by atoms with Crippen molar-refractivity contribution in [3.63, 3.8) is 0 Å². The number of phenolic OH excluding ortho intramolecular Hbond substituents is 2. The molecule has 2 aromatic carbocycles. The number of phenols is 2. The van der Waals surface area contributed by atoms with Gasteiger partial charge < -0.3 is 72.8 Å². The summed E-state index contributed by atoms with van der Waals surface area (Å²) in [6, 6.07) is 1.01. The SMILES string of the molecule is CC(C)C[C@@H]1NC(=O)CNC(=O)[C@H](Cc2ccc(O)c(Cl)c2)NC(=O)[C@@H]2CCCN2C(=O)[C@@H](NC(=O)[C@@H](CCC(=O)O)NC(=O)[C@H](Cc2ccc(O)cc2)NC(=O)CN2CCN(CC(=O)O)CCN(CC(=O)O)CCN(CC(=O)O)CC2)CSSC[C@@H](C)NC1=O. The first-order valence-corrected chi connectivity index (χ1v) is 32.6. The molecule has 13 N–H and O–H groups in total. The first-order chi connectivity index (χ1) is 43.1. The number of benzene rings is 2. The summed E-state index contributed by atoms with van der Waals surface area (Å²) < 4.78 is 0. The van der Waals surface area contributed by atoms with Crippen molar-refractivity contribution in [1.82, 2.24) is 61.7 Å². The lowest BCUT2D eigenvalue weighted by atomic mass is 10.0. The Morgan fingerprint density at radius 2 is 1.20 bits per heavy atom. The second-order valence-corrected chi connectivity index (χ2v) is 26.0. The molecule has 0 saturated carbocycles. The molecule has 0 bridgehead atoms. The highest BCUT2D eigenvalue weighted by Crippen LogP contribution is 2.27. The molecule has 91 heavy (non-hydrogen) atoms. The highest BCUT2D eigenvalue weighted by atomic mass is 35.5. The molecule has 502 valence electrons. The van der Waals surface area contributed by atoms with Gasteiger partial charge in [-0.25, -0.2) is 0 Å². The lowest BCUT2D eigenvalue weighted by Crippen LogP contribution is -2.60. The van der Waals surface area contributed by atoms with Crippen LogP contribution < -0.4 is 37.2 Å². The van der Waals surface area contributed by atoms with Crippen molar-refractivity contribution < 1.29 is 88.2 Å². The summed E-state index contributed by atoms with van der Waals surface area (Å²) in [7, 11) is 2.34. The van der Waals surface area contributed by atoms with E-state index in [4.69, 9.17) is 11.6 Å². The van der Waals surface area contributed by atoms with Crippen LogP contribution in [0.4, 0.5) is 0 Å². The largest absolute Gasteiger partial charge is 0.508 e. The number of halogens is 1. The molecule has 5 rings (SSSR count). The van der Waals surface area contributed by atoms with Gasteiger partial charge in [0.2, 0.25) is 47.3 Å². The predicted molar refractivity (Wildman–Crippen MR) is 334 cm³/mol. The fourth-order valence-corrected chi connectivity index (χ4v) is 13.0. The summed E-state index contributed by atoms with van der Waals surface area (Å²) >= 11 is 6.20. The van der Waals surface area contributed by atoms with E-state index >= 15 is 0 Å². The van der Waals surface area contributed by atoms with Crippen LogP contribution in [0.15, 0.2) is 42.5 Å². The molecular formula is C58H83ClN12O18S2. The molecule has 7 atom stereocenters. The number of hydrogen-bond donors (Lipinski definition) is 13. The van der Waals surface area contributed by atoms with Crippen molar-refractivity contribution in [2.24, 2.45) is 5.92 Å². The van der Waals surface area contributed by atoms with Gasteiger partial charge in [-0.3, -0.25) is 77.1 Å². The number of hydrogen-bond acceptors (Lipinski definition) is 20. The van der Waals surface area contributed by atoms with Gasteiger partial charge >= 0.3 is 23.9 Å². The molecule has 3 saturated heterocycles. The number of amides is 8. The minimum atomic E-state index is -1.68. The predicted octanol–water partition coefficient (Wildman–Crippen LogP) is -1.65. The van der Waals surface area contributed by atoms with E-state index in [0.29, 0.717) is 17.5 Å². The van der Waals surface area contributed by atoms with E-state index in [9.17, 15) is 88.2 Å². The van der Waals surface area contributed by atoms with E-state index in [2.05, 4.69) is 37.2 Å². The third-order valence-corrected chi connectivity index (χ3v) is 17.9. The number of aliphatic carboxylic acids is 4. The van der Waals surface area contributed by atoms with Crippen LogP contribution in [0.1, 0.15) is 64.0 Å². The van der Waals surface area contributed by atoms with Crippen molar-refractivity contribution >= 4 is 104 Å². The maximum absolute atomic E-state index is 14.9. The number of carbonyl (C=O) groups excluding carboxylic acids is 8. The summed E-state index contributed by atoms with van der Waals surface area (Å²) in [5, 5.41) is 77.8. The normalized spacial score (nSPS) is 22.1. The standard InChI is InChI=1S/C58H83ClN12O18S2/c1-34(2)23-41-55(86)61-35(3)32-90-91-33-44(58(89)71-14-4-5-45(71)57(88)65-42(53(84)60-27-47(74)62-41)26-37-8-12-46(73)39(59)24-37)66-54(85)40(11-13-49(76)77)64-56(87)43(25-36-6-9-38(72)10-7-36)63-48(75)28-67-15-17-68(29-50(78)79)19-21-70(31-52(82)83)22-20-69(18-16-67)30-51(80)81/h6-10,12,24,34-35,40-45,72-73H,4-5,11,13-23,25-33H2,1-3H3,(H,60,84)(H,61,86)(H,62,74)(H,63,75)(H,64,87)(H,65,88)(H,66,85)(H,76,77)(H,78,79)(H,80,81)(H,82,83)/t35-,40-,41+,42+,43+,44+,45+/m1/s1. The van der Waals surface area contributed by atoms with Crippen LogP contribution in [0, 0.1) is 5.92 Å². The van der Waals surface area contributed by atoms with Crippen LogP contribution in [0.25, 0.3) is 0 Å². The van der Waals surface area contributed by atoms with Crippen molar-refractivity contribution in [2.75, 3.05) is 103 Å². The Bertz CT molecular complexity index is 2870. The molecule has 0 spiro atoms. The number of carboxylic acids is 4. The van der Waals surface area contributed by atoms with Crippen LogP contribution in [0.3, 0.4) is 0 Å². The second-order valence-electron chi connectivity index (χ2n) is 23.0. The smallest absolute Gasteiger partial charge is 0.317 e. The number of aromatic hydroxyl groups is 2. The van der Waals surface area contributed by atoms with Crippen molar-refractivity contribution in [1.29, 1.82) is 0 Å². The van der Waals surface area contributed by atoms with Crippen LogP contribution in [0.5, 0.6) is 11.5 Å². The number of carboxylic acid groups (broad SMARTS) is 4. The third kappa shape index (κ3) is 26.3. The summed E-state index contributed by atoms with van der Waals surface area (Å²) in [6.07, 6.45) is -1.01. The van der Waals surface area contributed by atoms with E-state index in [-0.39, 0.29) is 125 Å². The van der Waals surface area contributed by atoms with Crippen LogP contribution in [-0.4, -0.2) is 272 Å². The van der Waals surface area contributed by atoms with Gasteiger partial charge in [-0.05, 0) is 73.9 Å². The summed E-state index contributed by atoms with van der Waals surface area (Å²) in [4.78, 5) is 169. The van der Waals surface area contributed by atoms with Gasteiger partial charge in [0.1, 0.15) is 47.8 Å². The van der Waals surface area contributed by atoms with E-state index < -0.39 is 152 Å². The molecule has 8 amide bonds. The number of nitrogens with zero attached hydrogens (tertiary/aromatic N) is 5. The fourth-order valence-electron chi connectivity index (χ4n) is 10.3. The maximum atomic E-state index is 14.9. The molecule has 3 heterocycles. The molecule has 2 aromatic rings. The lowest BCUT2D eigenvalue weighted by Gasteiger charge is -2.33. The number of nitrogens with one attached hydrogen (secondary N) is 7. The Hall–Kier alpha value is -7.49. The van der Waals surface area contributed by atoms with Crippen LogP contribution in [-0.2, 0) is 70.4 Å². The van der Waals surface area contributed by atoms with Gasteiger partial charge in [-0.1, -0.05) is 65.2 Å². The van der Waals surface area contributed by atoms with Gasteiger partial charge in [-0.15, -0.1) is 0 Å². The molecule has 3 aliphatic heterocycles. The summed E-state index contributed by atoms with van der Waals surface area (Å²) in [6.45, 7) is 3.92.